The molecule has 1 spiro atoms. The van der Waals surface area contributed by atoms with Gasteiger partial charge in [-0.3, -0.25) is 9.48 Å². The second-order valence-corrected chi connectivity index (χ2v) is 7.48. The number of nitrogens with zero attached hydrogens (tertiary/aromatic N) is 5. The minimum Gasteiger partial charge on any atom is -0.363 e. The third kappa shape index (κ3) is 2.80. The van der Waals surface area contributed by atoms with Crippen LogP contribution in [0.15, 0.2) is 42.7 Å². The molecule has 0 saturated carbocycles. The number of ether oxygens (including phenoxy) is 1. The van der Waals surface area contributed by atoms with Crippen molar-refractivity contribution in [3.05, 3.63) is 60.1 Å². The molecule has 0 bridgehead atoms. The van der Waals surface area contributed by atoms with Gasteiger partial charge in [-0.2, -0.15) is 5.10 Å². The number of halogens is 1. The first-order valence-electron chi connectivity index (χ1n) is 9.26. The van der Waals surface area contributed by atoms with Gasteiger partial charge in [0.25, 0.3) is 5.91 Å². The Balaban J connectivity index is 1.39. The summed E-state index contributed by atoms with van der Waals surface area (Å²) in [6, 6.07) is 8.15. The number of aryl methyl sites for hydroxylation is 1. The average molecular weight is 381 g/mol. The van der Waals surface area contributed by atoms with E-state index < -0.39 is 5.60 Å². The fourth-order valence-corrected chi connectivity index (χ4v) is 4.06. The predicted octanol–water partition coefficient (Wildman–Crippen LogP) is 2.24. The van der Waals surface area contributed by atoms with Crippen molar-refractivity contribution in [3.63, 3.8) is 0 Å². The first kappa shape index (κ1) is 17.1. The van der Waals surface area contributed by atoms with E-state index in [9.17, 15) is 9.18 Å². The summed E-state index contributed by atoms with van der Waals surface area (Å²) in [7, 11) is 1.80. The molecule has 2 aliphatic rings. The zero-order valence-corrected chi connectivity index (χ0v) is 15.5. The van der Waals surface area contributed by atoms with Crippen molar-refractivity contribution in [3.8, 4) is 11.3 Å². The fraction of sp³-hybridized carbons (Fsp3) is 0.350. The first-order valence-corrected chi connectivity index (χ1v) is 9.26. The smallest absolute Gasteiger partial charge is 0.274 e. The summed E-state index contributed by atoms with van der Waals surface area (Å²) in [4.78, 5) is 19.0. The van der Waals surface area contributed by atoms with E-state index in [-0.39, 0.29) is 11.7 Å². The lowest BCUT2D eigenvalue weighted by Crippen LogP contribution is -2.45. The third-order valence-electron chi connectivity index (χ3n) is 5.57. The third-order valence-corrected chi connectivity index (χ3v) is 5.57. The Kier molecular flexibility index (Phi) is 3.83. The van der Waals surface area contributed by atoms with Gasteiger partial charge in [-0.1, -0.05) is 0 Å². The molecule has 4 heterocycles. The lowest BCUT2D eigenvalue weighted by molar-refractivity contribution is -0.0804. The molecule has 0 aliphatic carbocycles. The quantitative estimate of drug-likeness (QED) is 0.683. The maximum Gasteiger partial charge on any atom is 0.274 e. The molecule has 1 aromatic carbocycles. The van der Waals surface area contributed by atoms with Gasteiger partial charge in [-0.05, 0) is 42.3 Å². The van der Waals surface area contributed by atoms with Crippen molar-refractivity contribution in [2.75, 3.05) is 13.1 Å². The van der Waals surface area contributed by atoms with E-state index in [0.717, 1.165) is 23.5 Å². The van der Waals surface area contributed by atoms with Crippen molar-refractivity contribution in [2.24, 2.45) is 7.05 Å². The van der Waals surface area contributed by atoms with Gasteiger partial charge in [0.05, 0.1) is 25.0 Å². The highest BCUT2D eigenvalue weighted by Crippen LogP contribution is 2.35. The van der Waals surface area contributed by atoms with E-state index >= 15 is 0 Å². The molecule has 8 heteroatoms. The van der Waals surface area contributed by atoms with E-state index in [1.165, 1.54) is 12.1 Å². The molecule has 2 aromatic heterocycles. The standard InChI is InChI=1S/C20H20FN5O2/c1-24-8-6-16(23-24)19(27)25-9-7-20(12-25)13-26-17(10-22-18(26)11-28-20)14-2-4-15(21)5-3-14/h2-6,8,10H,7,9,11-13H2,1H3/t20-/m1/s1. The highest BCUT2D eigenvalue weighted by atomic mass is 19.1. The van der Waals surface area contributed by atoms with Crippen LogP contribution < -0.4 is 0 Å². The molecule has 144 valence electrons. The van der Waals surface area contributed by atoms with E-state index in [1.54, 1.807) is 42.3 Å². The maximum atomic E-state index is 13.3. The first-order chi connectivity index (χ1) is 13.5. The van der Waals surface area contributed by atoms with E-state index in [2.05, 4.69) is 14.6 Å². The van der Waals surface area contributed by atoms with Crippen molar-refractivity contribution in [1.29, 1.82) is 0 Å². The van der Waals surface area contributed by atoms with Crippen LogP contribution in [0.3, 0.4) is 0 Å². The molecule has 0 N–H and O–H groups in total. The zero-order valence-electron chi connectivity index (χ0n) is 15.5. The van der Waals surface area contributed by atoms with Gasteiger partial charge in [0.2, 0.25) is 0 Å². The number of hydrogen-bond donors (Lipinski definition) is 0. The normalized spacial score (nSPS) is 21.3. The van der Waals surface area contributed by atoms with Crippen molar-refractivity contribution >= 4 is 5.91 Å². The number of likely N-dealkylation sites (tertiary alicyclic amines) is 1. The molecule has 1 fully saturated rings. The van der Waals surface area contributed by atoms with Gasteiger partial charge in [0, 0.05) is 19.8 Å². The molecule has 1 amide bonds. The summed E-state index contributed by atoms with van der Waals surface area (Å²) in [5, 5.41) is 4.22. The molecule has 1 saturated heterocycles. The van der Waals surface area contributed by atoms with Crippen LogP contribution in [0.2, 0.25) is 0 Å². The monoisotopic (exact) mass is 381 g/mol. The minimum absolute atomic E-state index is 0.0729. The number of carbonyl (C=O) groups is 1. The second-order valence-electron chi connectivity index (χ2n) is 7.48. The van der Waals surface area contributed by atoms with Crippen molar-refractivity contribution in [1.82, 2.24) is 24.2 Å². The minimum atomic E-state index is -0.438. The molecular formula is C20H20FN5O2. The lowest BCUT2D eigenvalue weighted by atomic mass is 10.0. The van der Waals surface area contributed by atoms with Crippen LogP contribution in [0.4, 0.5) is 4.39 Å². The number of fused-ring (bicyclic) bond motifs is 1. The summed E-state index contributed by atoms with van der Waals surface area (Å²) in [5.41, 5.74) is 1.86. The highest BCUT2D eigenvalue weighted by Gasteiger charge is 2.45. The molecule has 0 unspecified atom stereocenters. The number of carbonyl (C=O) groups excluding carboxylic acids is 1. The van der Waals surface area contributed by atoms with Crippen LogP contribution in [0.5, 0.6) is 0 Å². The van der Waals surface area contributed by atoms with E-state index in [1.807, 2.05) is 4.90 Å². The molecule has 2 aliphatic heterocycles. The molecule has 7 nitrogen and oxygen atoms in total. The van der Waals surface area contributed by atoms with Crippen LogP contribution in [-0.2, 0) is 24.9 Å². The zero-order chi connectivity index (χ0) is 19.3. The second kappa shape index (κ2) is 6.27. The average Bonchev–Trinajstić information content (AvgIpc) is 3.41. The molecule has 28 heavy (non-hydrogen) atoms. The van der Waals surface area contributed by atoms with E-state index in [0.29, 0.717) is 31.9 Å². The Bertz CT molecular complexity index is 1040. The number of amides is 1. The molecule has 0 radical (unpaired) electrons. The Labute approximate surface area is 161 Å². The topological polar surface area (TPSA) is 65.2 Å². The molecule has 3 aromatic rings. The SMILES string of the molecule is Cn1ccc(C(=O)N2CC[C@@]3(C2)Cn2c(-c4ccc(F)cc4)cnc2CO3)n1. The van der Waals surface area contributed by atoms with Gasteiger partial charge in [-0.25, -0.2) is 9.37 Å². The Morgan fingerprint density at radius 3 is 2.79 bits per heavy atom. The lowest BCUT2D eigenvalue weighted by Gasteiger charge is -2.35. The Morgan fingerprint density at radius 1 is 1.21 bits per heavy atom. The summed E-state index contributed by atoms with van der Waals surface area (Å²) in [6.07, 6.45) is 4.33. The van der Waals surface area contributed by atoms with Gasteiger partial charge in [0.15, 0.2) is 0 Å². The summed E-state index contributed by atoms with van der Waals surface area (Å²) >= 11 is 0. The number of benzene rings is 1. The van der Waals surface area contributed by atoms with E-state index in [4.69, 9.17) is 4.74 Å². The Morgan fingerprint density at radius 2 is 2.04 bits per heavy atom. The van der Waals surface area contributed by atoms with Crippen LogP contribution in [-0.4, -0.2) is 48.8 Å². The highest BCUT2D eigenvalue weighted by molar-refractivity contribution is 5.92. The summed E-state index contributed by atoms with van der Waals surface area (Å²) < 4.78 is 23.2. The van der Waals surface area contributed by atoms with Crippen LogP contribution in [0.25, 0.3) is 11.3 Å². The number of imidazole rings is 1. The summed E-state index contributed by atoms with van der Waals surface area (Å²) in [6.45, 7) is 2.15. The number of rotatable bonds is 2. The fourth-order valence-electron chi connectivity index (χ4n) is 4.06. The Hall–Kier alpha value is -3.00. The van der Waals surface area contributed by atoms with Gasteiger partial charge in [-0.15, -0.1) is 0 Å². The van der Waals surface area contributed by atoms with Gasteiger partial charge >= 0.3 is 0 Å². The van der Waals surface area contributed by atoms with Gasteiger partial charge in [0.1, 0.15) is 29.5 Å². The molecule has 5 rings (SSSR count). The van der Waals surface area contributed by atoms with Crippen molar-refractivity contribution < 1.29 is 13.9 Å². The van der Waals surface area contributed by atoms with Crippen LogP contribution in [0, 0.1) is 5.82 Å². The number of aromatic nitrogens is 4. The van der Waals surface area contributed by atoms with Crippen molar-refractivity contribution in [2.45, 2.75) is 25.2 Å². The number of hydrogen-bond acceptors (Lipinski definition) is 4. The summed E-state index contributed by atoms with van der Waals surface area (Å²) in [5.74, 6) is 0.511. The largest absolute Gasteiger partial charge is 0.363 e. The van der Waals surface area contributed by atoms with Crippen LogP contribution in [0.1, 0.15) is 22.7 Å². The molecule has 1 atom stereocenters. The predicted molar refractivity (Wildman–Crippen MR) is 98.9 cm³/mol. The maximum absolute atomic E-state index is 13.3. The van der Waals surface area contributed by atoms with Crippen LogP contribution >= 0.6 is 0 Å². The van der Waals surface area contributed by atoms with Gasteiger partial charge < -0.3 is 14.2 Å². The molecular weight excluding hydrogens is 361 g/mol.